The second-order valence-corrected chi connectivity index (χ2v) is 7.54. The first kappa shape index (κ1) is 28.4. The zero-order valence-corrected chi connectivity index (χ0v) is 18.0. The van der Waals surface area contributed by atoms with Crippen LogP contribution in [0.5, 0.6) is 0 Å². The van der Waals surface area contributed by atoms with Crippen LogP contribution in [0, 0.1) is 5.92 Å². The molecule has 0 radical (unpaired) electrons. The van der Waals surface area contributed by atoms with Gasteiger partial charge in [0, 0.05) is 18.9 Å². The summed E-state index contributed by atoms with van der Waals surface area (Å²) in [6.07, 6.45) is -4.61. The standard InChI is InChI=1S/C19H31F2N3O7/c1-5-10(4)15(22-9(2)3)18(29)23-11(6-7-14(25)26)17(28)24-12(8-13(20)21)16(27)19(30)31/h9-13,15,22H,5-8H2,1-4H3,(H,23,29)(H,24,28)(H,25,26)(H,30,31). The Labute approximate surface area is 179 Å². The summed E-state index contributed by atoms with van der Waals surface area (Å²) in [4.78, 5) is 58.8. The third-order valence-electron chi connectivity index (χ3n) is 4.55. The number of hydrogen-bond acceptors (Lipinski definition) is 6. The topological polar surface area (TPSA) is 162 Å². The first-order chi connectivity index (χ1) is 14.3. The van der Waals surface area contributed by atoms with Crippen molar-refractivity contribution >= 4 is 29.5 Å². The number of aliphatic carboxylic acids is 2. The van der Waals surface area contributed by atoms with Gasteiger partial charge >= 0.3 is 11.9 Å². The van der Waals surface area contributed by atoms with Crippen molar-refractivity contribution in [2.75, 3.05) is 0 Å². The van der Waals surface area contributed by atoms with Gasteiger partial charge in [-0.1, -0.05) is 34.1 Å². The van der Waals surface area contributed by atoms with Gasteiger partial charge in [-0.3, -0.25) is 19.2 Å². The fraction of sp³-hybridized carbons (Fsp3) is 0.737. The quantitative estimate of drug-likeness (QED) is 0.225. The molecule has 2 amide bonds. The second kappa shape index (κ2) is 13.6. The van der Waals surface area contributed by atoms with E-state index in [9.17, 15) is 32.8 Å². The molecule has 0 aromatic rings. The van der Waals surface area contributed by atoms with E-state index in [2.05, 4.69) is 10.6 Å². The van der Waals surface area contributed by atoms with Gasteiger partial charge in [-0.15, -0.1) is 0 Å². The molecule has 178 valence electrons. The minimum Gasteiger partial charge on any atom is -0.481 e. The highest BCUT2D eigenvalue weighted by atomic mass is 19.3. The molecule has 0 aromatic heterocycles. The van der Waals surface area contributed by atoms with Gasteiger partial charge in [0.05, 0.1) is 6.04 Å². The molecule has 0 fully saturated rings. The molecule has 0 bridgehead atoms. The van der Waals surface area contributed by atoms with E-state index >= 15 is 0 Å². The average Bonchev–Trinajstić information content (AvgIpc) is 2.66. The summed E-state index contributed by atoms with van der Waals surface area (Å²) >= 11 is 0. The maximum Gasteiger partial charge on any atom is 0.374 e. The van der Waals surface area contributed by atoms with Gasteiger partial charge in [0.1, 0.15) is 12.1 Å². The van der Waals surface area contributed by atoms with Crippen molar-refractivity contribution in [3.63, 3.8) is 0 Å². The molecule has 31 heavy (non-hydrogen) atoms. The molecule has 12 heteroatoms. The van der Waals surface area contributed by atoms with Crippen LogP contribution in [0.3, 0.4) is 0 Å². The van der Waals surface area contributed by atoms with Crippen LogP contribution in [-0.2, 0) is 24.0 Å². The Bertz CT molecular complexity index is 658. The van der Waals surface area contributed by atoms with Gasteiger partial charge in [-0.2, -0.15) is 0 Å². The molecule has 0 spiro atoms. The van der Waals surface area contributed by atoms with E-state index in [-0.39, 0.29) is 18.4 Å². The smallest absolute Gasteiger partial charge is 0.374 e. The van der Waals surface area contributed by atoms with Crippen molar-refractivity contribution in [1.29, 1.82) is 0 Å². The zero-order chi connectivity index (χ0) is 24.3. The highest BCUT2D eigenvalue weighted by molar-refractivity contribution is 6.35. The molecule has 0 rings (SSSR count). The van der Waals surface area contributed by atoms with Crippen molar-refractivity contribution in [3.8, 4) is 0 Å². The lowest BCUT2D eigenvalue weighted by molar-refractivity contribution is -0.151. The van der Waals surface area contributed by atoms with Crippen LogP contribution >= 0.6 is 0 Å². The van der Waals surface area contributed by atoms with Crippen LogP contribution in [0.15, 0.2) is 0 Å². The number of halogens is 2. The van der Waals surface area contributed by atoms with Gasteiger partial charge in [0.15, 0.2) is 0 Å². The number of carboxylic acid groups (broad SMARTS) is 2. The van der Waals surface area contributed by atoms with E-state index in [4.69, 9.17) is 10.2 Å². The molecule has 0 aliphatic carbocycles. The van der Waals surface area contributed by atoms with Gasteiger partial charge < -0.3 is 26.2 Å². The van der Waals surface area contributed by atoms with Crippen molar-refractivity contribution in [2.24, 2.45) is 5.92 Å². The highest BCUT2D eigenvalue weighted by Gasteiger charge is 2.34. The Morgan fingerprint density at radius 3 is 1.87 bits per heavy atom. The molecule has 0 aromatic carbocycles. The number of carbonyl (C=O) groups is 5. The largest absolute Gasteiger partial charge is 0.481 e. The first-order valence-electron chi connectivity index (χ1n) is 9.93. The number of rotatable bonds is 15. The fourth-order valence-electron chi connectivity index (χ4n) is 2.72. The summed E-state index contributed by atoms with van der Waals surface area (Å²) in [5, 5.41) is 25.0. The lowest BCUT2D eigenvalue weighted by atomic mass is 9.97. The molecule has 4 unspecified atom stereocenters. The van der Waals surface area contributed by atoms with E-state index in [0.29, 0.717) is 6.42 Å². The van der Waals surface area contributed by atoms with E-state index < -0.39 is 66.9 Å². The average molecular weight is 451 g/mol. The van der Waals surface area contributed by atoms with Gasteiger partial charge in [-0.25, -0.2) is 13.6 Å². The number of alkyl halides is 2. The second-order valence-electron chi connectivity index (χ2n) is 7.54. The number of ketones is 1. The Balaban J connectivity index is 5.60. The lowest BCUT2D eigenvalue weighted by Gasteiger charge is -2.28. The molecule has 0 heterocycles. The summed E-state index contributed by atoms with van der Waals surface area (Å²) in [6, 6.07) is -4.29. The van der Waals surface area contributed by atoms with E-state index in [1.54, 1.807) is 6.92 Å². The van der Waals surface area contributed by atoms with Crippen molar-refractivity contribution in [1.82, 2.24) is 16.0 Å². The minimum atomic E-state index is -3.08. The van der Waals surface area contributed by atoms with Crippen LogP contribution in [0.1, 0.15) is 53.4 Å². The summed E-state index contributed by atoms with van der Waals surface area (Å²) < 4.78 is 25.5. The maximum absolute atomic E-state index is 12.8. The fourth-order valence-corrected chi connectivity index (χ4v) is 2.72. The van der Waals surface area contributed by atoms with E-state index in [1.165, 1.54) is 0 Å². The van der Waals surface area contributed by atoms with Crippen LogP contribution in [-0.4, -0.2) is 70.3 Å². The normalized spacial score (nSPS) is 15.1. The zero-order valence-electron chi connectivity index (χ0n) is 18.0. The van der Waals surface area contributed by atoms with E-state index in [1.807, 2.05) is 26.1 Å². The molecule has 0 aliphatic rings. The molecular formula is C19H31F2N3O7. The molecular weight excluding hydrogens is 420 g/mol. The molecule has 0 saturated heterocycles. The Kier molecular flexibility index (Phi) is 12.5. The number of Topliss-reactive ketones (excluding diaryl/α,β-unsaturated/α-hetero) is 1. The molecule has 10 nitrogen and oxygen atoms in total. The summed E-state index contributed by atoms with van der Waals surface area (Å²) in [7, 11) is 0. The monoisotopic (exact) mass is 451 g/mol. The van der Waals surface area contributed by atoms with Crippen LogP contribution in [0.2, 0.25) is 0 Å². The summed E-state index contributed by atoms with van der Waals surface area (Å²) in [5.74, 6) is -6.79. The van der Waals surface area contributed by atoms with Gasteiger partial charge in [-0.05, 0) is 12.3 Å². The minimum absolute atomic E-state index is 0.0837. The van der Waals surface area contributed by atoms with Gasteiger partial charge in [0.2, 0.25) is 18.2 Å². The third kappa shape index (κ3) is 10.8. The van der Waals surface area contributed by atoms with Crippen LogP contribution in [0.4, 0.5) is 8.78 Å². The molecule has 0 saturated carbocycles. The number of nitrogens with one attached hydrogen (secondary N) is 3. The van der Waals surface area contributed by atoms with Crippen LogP contribution < -0.4 is 16.0 Å². The Morgan fingerprint density at radius 1 is 0.903 bits per heavy atom. The SMILES string of the molecule is CCC(C)C(NC(C)C)C(=O)NC(CCC(=O)O)C(=O)NC(CC(F)F)C(=O)C(=O)O. The predicted octanol–water partition coefficient (Wildman–Crippen LogP) is 0.542. The number of carboxylic acids is 2. The molecule has 5 N–H and O–H groups in total. The maximum atomic E-state index is 12.8. The molecule has 0 aliphatic heterocycles. The van der Waals surface area contributed by atoms with Gasteiger partial charge in [0.25, 0.3) is 5.78 Å². The van der Waals surface area contributed by atoms with Crippen LogP contribution in [0.25, 0.3) is 0 Å². The summed E-state index contributed by atoms with van der Waals surface area (Å²) in [6.45, 7) is 7.28. The van der Waals surface area contributed by atoms with E-state index in [0.717, 1.165) is 0 Å². The molecule has 4 atom stereocenters. The van der Waals surface area contributed by atoms with Crippen molar-refractivity contribution in [2.45, 2.75) is 84.0 Å². The Hall–Kier alpha value is -2.63. The number of carbonyl (C=O) groups excluding carboxylic acids is 3. The lowest BCUT2D eigenvalue weighted by Crippen LogP contribution is -2.57. The predicted molar refractivity (Wildman–Crippen MR) is 106 cm³/mol. The van der Waals surface area contributed by atoms with Crippen molar-refractivity contribution < 1.29 is 43.0 Å². The highest BCUT2D eigenvalue weighted by Crippen LogP contribution is 2.11. The Morgan fingerprint density at radius 2 is 1.45 bits per heavy atom. The van der Waals surface area contributed by atoms with Crippen molar-refractivity contribution in [3.05, 3.63) is 0 Å². The first-order valence-corrected chi connectivity index (χ1v) is 9.93. The third-order valence-corrected chi connectivity index (χ3v) is 4.55. The number of amides is 2. The number of hydrogen-bond donors (Lipinski definition) is 5. The summed E-state index contributed by atoms with van der Waals surface area (Å²) in [5.41, 5.74) is 0.